The van der Waals surface area contributed by atoms with E-state index in [1.54, 1.807) is 11.0 Å². The molecule has 0 bridgehead atoms. The molecule has 3 heterocycles. The molecule has 2 aliphatic rings. The summed E-state index contributed by atoms with van der Waals surface area (Å²) in [5.41, 5.74) is 3.57. The fourth-order valence-electron chi connectivity index (χ4n) is 4.08. The molecule has 6 nitrogen and oxygen atoms in total. The SMILES string of the molecule is CN(Cc1n[nH]c2c1CCCCC2)C(=O)c1ccc(CN2CCCC2)o1. The summed E-state index contributed by atoms with van der Waals surface area (Å²) in [4.78, 5) is 16.8. The van der Waals surface area contributed by atoms with Crippen LogP contribution in [0.5, 0.6) is 0 Å². The van der Waals surface area contributed by atoms with E-state index in [1.807, 2.05) is 13.1 Å². The van der Waals surface area contributed by atoms with Gasteiger partial charge in [-0.2, -0.15) is 5.10 Å². The molecule has 0 unspecified atom stereocenters. The van der Waals surface area contributed by atoms with E-state index in [0.717, 1.165) is 43.9 Å². The highest BCUT2D eigenvalue weighted by atomic mass is 16.4. The molecule has 2 aromatic rings. The van der Waals surface area contributed by atoms with Crippen LogP contribution in [0, 0.1) is 0 Å². The van der Waals surface area contributed by atoms with Crippen molar-refractivity contribution in [1.82, 2.24) is 20.0 Å². The molecule has 0 radical (unpaired) electrons. The first-order chi connectivity index (χ1) is 12.7. The lowest BCUT2D eigenvalue weighted by Gasteiger charge is -2.15. The van der Waals surface area contributed by atoms with E-state index in [4.69, 9.17) is 4.42 Å². The van der Waals surface area contributed by atoms with Gasteiger partial charge in [-0.25, -0.2) is 0 Å². The highest BCUT2D eigenvalue weighted by Gasteiger charge is 2.22. The molecule has 4 rings (SSSR count). The van der Waals surface area contributed by atoms with Gasteiger partial charge < -0.3 is 9.32 Å². The molecule has 0 aromatic carbocycles. The van der Waals surface area contributed by atoms with Crippen molar-refractivity contribution >= 4 is 5.91 Å². The predicted octanol–water partition coefficient (Wildman–Crippen LogP) is 3.14. The topological polar surface area (TPSA) is 65.4 Å². The number of carbonyl (C=O) groups excluding carboxylic acids is 1. The minimum atomic E-state index is -0.0805. The van der Waals surface area contributed by atoms with E-state index in [1.165, 1.54) is 43.4 Å². The van der Waals surface area contributed by atoms with Crippen molar-refractivity contribution in [3.63, 3.8) is 0 Å². The summed E-state index contributed by atoms with van der Waals surface area (Å²) in [7, 11) is 1.82. The van der Waals surface area contributed by atoms with Crippen LogP contribution in [0.25, 0.3) is 0 Å². The molecule has 0 atom stereocenters. The minimum Gasteiger partial charge on any atom is -0.455 e. The van der Waals surface area contributed by atoms with Gasteiger partial charge in [0.25, 0.3) is 5.91 Å². The summed E-state index contributed by atoms with van der Waals surface area (Å²) < 4.78 is 5.82. The summed E-state index contributed by atoms with van der Waals surface area (Å²) in [6.07, 6.45) is 8.32. The molecule has 0 saturated carbocycles. The number of furan rings is 1. The number of hydrogen-bond donors (Lipinski definition) is 1. The highest BCUT2D eigenvalue weighted by Crippen LogP contribution is 2.23. The number of fused-ring (bicyclic) bond motifs is 1. The Labute approximate surface area is 154 Å². The van der Waals surface area contributed by atoms with Crippen molar-refractivity contribution in [2.75, 3.05) is 20.1 Å². The minimum absolute atomic E-state index is 0.0805. The number of amides is 1. The van der Waals surface area contributed by atoms with Crippen molar-refractivity contribution in [3.8, 4) is 0 Å². The Hall–Kier alpha value is -2.08. The highest BCUT2D eigenvalue weighted by molar-refractivity contribution is 5.91. The summed E-state index contributed by atoms with van der Waals surface area (Å²) in [5.74, 6) is 1.21. The third kappa shape index (κ3) is 3.70. The van der Waals surface area contributed by atoms with Crippen molar-refractivity contribution < 1.29 is 9.21 Å². The van der Waals surface area contributed by atoms with Gasteiger partial charge in [0.15, 0.2) is 5.76 Å². The standard InChI is InChI=1S/C20H28N4O2/c1-23(14-18-16-7-3-2-4-8-17(16)21-22-18)20(25)19-10-9-15(26-19)13-24-11-5-6-12-24/h9-10H,2-8,11-14H2,1H3,(H,21,22). The van der Waals surface area contributed by atoms with Gasteiger partial charge >= 0.3 is 0 Å². The molecule has 140 valence electrons. The second-order valence-electron chi connectivity index (χ2n) is 7.60. The first-order valence-corrected chi connectivity index (χ1v) is 9.82. The van der Waals surface area contributed by atoms with Gasteiger partial charge in [0.05, 0.1) is 18.8 Å². The van der Waals surface area contributed by atoms with Gasteiger partial charge in [-0.05, 0) is 69.3 Å². The molecule has 1 amide bonds. The third-order valence-corrected chi connectivity index (χ3v) is 5.58. The van der Waals surface area contributed by atoms with Crippen LogP contribution < -0.4 is 0 Å². The molecule has 0 spiro atoms. The first kappa shape index (κ1) is 17.3. The fraction of sp³-hybridized carbons (Fsp3) is 0.600. The quantitative estimate of drug-likeness (QED) is 0.836. The van der Waals surface area contributed by atoms with Crippen molar-refractivity contribution in [3.05, 3.63) is 40.6 Å². The molecule has 6 heteroatoms. The van der Waals surface area contributed by atoms with Gasteiger partial charge in [-0.1, -0.05) is 6.42 Å². The maximum atomic E-state index is 12.7. The molecule has 1 aliphatic heterocycles. The number of aryl methyl sites for hydroxylation is 1. The van der Waals surface area contributed by atoms with Crippen molar-refractivity contribution in [1.29, 1.82) is 0 Å². The number of hydrogen-bond acceptors (Lipinski definition) is 4. The summed E-state index contributed by atoms with van der Waals surface area (Å²) in [5, 5.41) is 7.65. The van der Waals surface area contributed by atoms with Crippen LogP contribution in [0.2, 0.25) is 0 Å². The number of aromatic amines is 1. The number of rotatable bonds is 5. The van der Waals surface area contributed by atoms with E-state index in [9.17, 15) is 4.79 Å². The van der Waals surface area contributed by atoms with Crippen LogP contribution in [0.4, 0.5) is 0 Å². The lowest BCUT2D eigenvalue weighted by molar-refractivity contribution is 0.0748. The van der Waals surface area contributed by atoms with Gasteiger partial charge in [0.1, 0.15) is 5.76 Å². The van der Waals surface area contributed by atoms with Gasteiger partial charge in [-0.15, -0.1) is 0 Å². The fourth-order valence-corrected chi connectivity index (χ4v) is 4.08. The lowest BCUT2D eigenvalue weighted by Crippen LogP contribution is -2.26. The van der Waals surface area contributed by atoms with Crippen LogP contribution in [0.1, 0.15) is 65.4 Å². The maximum absolute atomic E-state index is 12.7. The molecule has 1 N–H and O–H groups in total. The predicted molar refractivity (Wildman–Crippen MR) is 98.9 cm³/mol. The van der Waals surface area contributed by atoms with E-state index >= 15 is 0 Å². The molecule has 26 heavy (non-hydrogen) atoms. The van der Waals surface area contributed by atoms with Gasteiger partial charge in [-0.3, -0.25) is 14.8 Å². The first-order valence-electron chi connectivity index (χ1n) is 9.82. The largest absolute Gasteiger partial charge is 0.455 e. The van der Waals surface area contributed by atoms with E-state index in [-0.39, 0.29) is 5.91 Å². The van der Waals surface area contributed by atoms with E-state index in [2.05, 4.69) is 15.1 Å². The average molecular weight is 356 g/mol. The zero-order chi connectivity index (χ0) is 17.9. The monoisotopic (exact) mass is 356 g/mol. The summed E-state index contributed by atoms with van der Waals surface area (Å²) in [6.45, 7) is 3.55. The summed E-state index contributed by atoms with van der Waals surface area (Å²) in [6, 6.07) is 3.73. The van der Waals surface area contributed by atoms with Crippen LogP contribution in [0.15, 0.2) is 16.5 Å². The van der Waals surface area contributed by atoms with Crippen LogP contribution >= 0.6 is 0 Å². The number of nitrogens with zero attached hydrogens (tertiary/aromatic N) is 3. The third-order valence-electron chi connectivity index (χ3n) is 5.58. The molecule has 1 saturated heterocycles. The Morgan fingerprint density at radius 1 is 1.19 bits per heavy atom. The number of aromatic nitrogens is 2. The Bertz CT molecular complexity index is 758. The molecule has 2 aromatic heterocycles. The maximum Gasteiger partial charge on any atom is 0.289 e. The van der Waals surface area contributed by atoms with Crippen molar-refractivity contribution in [2.24, 2.45) is 0 Å². The molecule has 1 fully saturated rings. The van der Waals surface area contributed by atoms with E-state index < -0.39 is 0 Å². The summed E-state index contributed by atoms with van der Waals surface area (Å²) >= 11 is 0. The lowest BCUT2D eigenvalue weighted by atomic mass is 10.1. The number of H-pyrrole nitrogens is 1. The Morgan fingerprint density at radius 3 is 2.85 bits per heavy atom. The Kier molecular flexibility index (Phi) is 5.11. The number of likely N-dealkylation sites (tertiary alicyclic amines) is 1. The second kappa shape index (κ2) is 7.66. The zero-order valence-corrected chi connectivity index (χ0v) is 15.6. The second-order valence-corrected chi connectivity index (χ2v) is 7.60. The Balaban J connectivity index is 1.40. The zero-order valence-electron chi connectivity index (χ0n) is 15.6. The van der Waals surface area contributed by atoms with E-state index in [0.29, 0.717) is 12.3 Å². The number of nitrogens with one attached hydrogen (secondary N) is 1. The van der Waals surface area contributed by atoms with Crippen molar-refractivity contribution in [2.45, 2.75) is 58.0 Å². The Morgan fingerprint density at radius 2 is 2.00 bits per heavy atom. The van der Waals surface area contributed by atoms with Crippen LogP contribution in [0.3, 0.4) is 0 Å². The number of carbonyl (C=O) groups is 1. The molecular weight excluding hydrogens is 328 g/mol. The normalized spacial score (nSPS) is 17.9. The van der Waals surface area contributed by atoms with Crippen LogP contribution in [-0.4, -0.2) is 46.0 Å². The van der Waals surface area contributed by atoms with Gasteiger partial charge in [0, 0.05) is 12.7 Å². The smallest absolute Gasteiger partial charge is 0.289 e. The van der Waals surface area contributed by atoms with Crippen LogP contribution in [-0.2, 0) is 25.9 Å². The molecular formula is C20H28N4O2. The molecule has 1 aliphatic carbocycles. The average Bonchev–Trinajstić information content (AvgIpc) is 3.35. The van der Waals surface area contributed by atoms with Gasteiger partial charge in [0.2, 0.25) is 0 Å².